The molecule has 0 fully saturated rings. The maximum atomic E-state index is 9.60. The molecule has 266 valence electrons. The third-order valence-electron chi connectivity index (χ3n) is 10.5. The molecule has 0 N–H and O–H groups in total. The van der Waals surface area contributed by atoms with Crippen molar-refractivity contribution in [1.82, 2.24) is 19.5 Å². The second-order valence-corrected chi connectivity index (χ2v) is 14.0. The minimum atomic E-state index is 0.568. The van der Waals surface area contributed by atoms with E-state index < -0.39 is 0 Å². The van der Waals surface area contributed by atoms with Gasteiger partial charge in [0.05, 0.1) is 22.7 Å². The molecule has 0 saturated carbocycles. The first-order chi connectivity index (χ1) is 28.2. The summed E-state index contributed by atoms with van der Waals surface area (Å²) in [6, 6.07) is 71.2. The van der Waals surface area contributed by atoms with E-state index in [0.717, 1.165) is 61.1 Å². The summed E-state index contributed by atoms with van der Waals surface area (Å²) in [6.07, 6.45) is 0. The maximum absolute atomic E-state index is 9.60. The number of hydrogen-bond donors (Lipinski definition) is 0. The third-order valence-corrected chi connectivity index (χ3v) is 10.5. The van der Waals surface area contributed by atoms with Gasteiger partial charge in [-0.1, -0.05) is 152 Å². The third kappa shape index (κ3) is 6.42. The number of rotatable bonds is 7. The minimum absolute atomic E-state index is 0.568. The SMILES string of the molecule is N#Cc1ccc(-c2cc(-c3nc(-c4ccccc4)nc(-c4ccccc4)n3)cc(-n3c4ccccc4c4ccc(-c5cccc(-c6ccccc6)c5)cc43)c2)cc1. The quantitative estimate of drug-likeness (QED) is 0.164. The molecular formula is C52H33N5. The van der Waals surface area contributed by atoms with Gasteiger partial charge in [-0.15, -0.1) is 0 Å². The van der Waals surface area contributed by atoms with Crippen LogP contribution in [0, 0.1) is 11.3 Å². The Bertz CT molecular complexity index is 3050. The van der Waals surface area contributed by atoms with Gasteiger partial charge in [-0.2, -0.15) is 5.26 Å². The van der Waals surface area contributed by atoms with Gasteiger partial charge < -0.3 is 4.57 Å². The number of para-hydroxylation sites is 1. The fourth-order valence-electron chi connectivity index (χ4n) is 7.65. The van der Waals surface area contributed by atoms with Gasteiger partial charge in [0.2, 0.25) is 0 Å². The van der Waals surface area contributed by atoms with Crippen LogP contribution in [-0.2, 0) is 0 Å². The molecule has 0 saturated heterocycles. The molecule has 0 aliphatic heterocycles. The van der Waals surface area contributed by atoms with Gasteiger partial charge in [-0.05, 0) is 81.9 Å². The van der Waals surface area contributed by atoms with Crippen molar-refractivity contribution in [2.45, 2.75) is 0 Å². The number of nitriles is 1. The average Bonchev–Trinajstić information content (AvgIpc) is 3.63. The summed E-state index contributed by atoms with van der Waals surface area (Å²) < 4.78 is 2.35. The van der Waals surface area contributed by atoms with Gasteiger partial charge in [-0.3, -0.25) is 0 Å². The highest BCUT2D eigenvalue weighted by molar-refractivity contribution is 6.10. The average molecular weight is 728 g/mol. The molecule has 5 nitrogen and oxygen atoms in total. The van der Waals surface area contributed by atoms with Crippen molar-refractivity contribution < 1.29 is 0 Å². The van der Waals surface area contributed by atoms with Crippen LogP contribution in [0.1, 0.15) is 5.56 Å². The Morgan fingerprint density at radius 1 is 0.333 bits per heavy atom. The summed E-state index contributed by atoms with van der Waals surface area (Å²) >= 11 is 0. The molecule has 8 aromatic carbocycles. The number of nitrogens with zero attached hydrogens (tertiary/aromatic N) is 5. The first-order valence-corrected chi connectivity index (χ1v) is 18.9. The van der Waals surface area contributed by atoms with Crippen molar-refractivity contribution >= 4 is 21.8 Å². The zero-order valence-corrected chi connectivity index (χ0v) is 30.8. The van der Waals surface area contributed by atoms with Crippen molar-refractivity contribution in [3.63, 3.8) is 0 Å². The van der Waals surface area contributed by atoms with Crippen molar-refractivity contribution in [2.75, 3.05) is 0 Å². The first-order valence-electron chi connectivity index (χ1n) is 18.9. The van der Waals surface area contributed by atoms with E-state index in [1.165, 1.54) is 16.5 Å². The highest BCUT2D eigenvalue weighted by Crippen LogP contribution is 2.38. The molecule has 57 heavy (non-hydrogen) atoms. The molecule has 2 heterocycles. The van der Waals surface area contributed by atoms with E-state index in [9.17, 15) is 5.26 Å². The second-order valence-electron chi connectivity index (χ2n) is 14.0. The first kappa shape index (κ1) is 33.6. The molecule has 0 aliphatic rings. The van der Waals surface area contributed by atoms with E-state index >= 15 is 0 Å². The van der Waals surface area contributed by atoms with Crippen molar-refractivity contribution in [3.05, 3.63) is 206 Å². The van der Waals surface area contributed by atoms with E-state index in [-0.39, 0.29) is 0 Å². The zero-order chi connectivity index (χ0) is 38.1. The molecule has 0 bridgehead atoms. The fraction of sp³-hybridized carbons (Fsp3) is 0. The van der Waals surface area contributed by atoms with Gasteiger partial charge >= 0.3 is 0 Å². The maximum Gasteiger partial charge on any atom is 0.164 e. The molecule has 0 amide bonds. The normalized spacial score (nSPS) is 11.1. The molecule has 10 rings (SSSR count). The molecule has 2 aromatic heterocycles. The zero-order valence-electron chi connectivity index (χ0n) is 30.8. The van der Waals surface area contributed by atoms with E-state index in [1.807, 2.05) is 91.0 Å². The molecule has 5 heteroatoms. The van der Waals surface area contributed by atoms with Crippen molar-refractivity contribution in [1.29, 1.82) is 5.26 Å². The summed E-state index contributed by atoms with van der Waals surface area (Å²) in [4.78, 5) is 15.2. The smallest absolute Gasteiger partial charge is 0.164 e. The topological polar surface area (TPSA) is 67.4 Å². The number of fused-ring (bicyclic) bond motifs is 3. The van der Waals surface area contributed by atoms with Gasteiger partial charge in [-0.25, -0.2) is 15.0 Å². The van der Waals surface area contributed by atoms with Gasteiger partial charge in [0.15, 0.2) is 17.5 Å². The summed E-state index contributed by atoms with van der Waals surface area (Å²) in [5, 5.41) is 11.9. The Kier molecular flexibility index (Phi) is 8.48. The number of hydrogen-bond acceptors (Lipinski definition) is 4. The Labute approximate surface area is 330 Å². The lowest BCUT2D eigenvalue weighted by molar-refractivity contribution is 1.07. The van der Waals surface area contributed by atoms with Crippen LogP contribution in [0.25, 0.3) is 95.0 Å². The molecule has 0 radical (unpaired) electrons. The van der Waals surface area contributed by atoms with E-state index in [4.69, 9.17) is 15.0 Å². The van der Waals surface area contributed by atoms with E-state index in [1.54, 1.807) is 0 Å². The molecule has 0 unspecified atom stereocenters. The molecule has 10 aromatic rings. The molecule has 0 atom stereocenters. The summed E-state index contributed by atoms with van der Waals surface area (Å²) in [5.41, 5.74) is 13.0. The Hall–Kier alpha value is -7.94. The summed E-state index contributed by atoms with van der Waals surface area (Å²) in [7, 11) is 0. The van der Waals surface area contributed by atoms with Crippen LogP contribution in [0.4, 0.5) is 0 Å². The Morgan fingerprint density at radius 2 is 0.789 bits per heavy atom. The predicted molar refractivity (Wildman–Crippen MR) is 231 cm³/mol. The summed E-state index contributed by atoms with van der Waals surface area (Å²) in [5.74, 6) is 1.77. The van der Waals surface area contributed by atoms with Crippen molar-refractivity contribution in [2.24, 2.45) is 0 Å². The molecule has 0 spiro atoms. The van der Waals surface area contributed by atoms with Crippen LogP contribution in [0.15, 0.2) is 200 Å². The highest BCUT2D eigenvalue weighted by Gasteiger charge is 2.18. The van der Waals surface area contributed by atoms with Crippen LogP contribution in [0.5, 0.6) is 0 Å². The van der Waals surface area contributed by atoms with Gasteiger partial charge in [0.25, 0.3) is 0 Å². The van der Waals surface area contributed by atoms with Gasteiger partial charge in [0.1, 0.15) is 0 Å². The monoisotopic (exact) mass is 727 g/mol. The standard InChI is InChI=1S/C52H33N5/c53-34-35-23-25-37(26-24-35)43-30-44(52-55-50(38-15-6-2-7-16-38)54-51(56-52)39-17-8-3-9-18-39)32-45(31-43)57-48-22-11-10-21-46(48)47-28-27-42(33-49(47)57)41-20-12-19-40(29-41)36-13-4-1-5-14-36/h1-33H. The van der Waals surface area contributed by atoms with Gasteiger partial charge in [0, 0.05) is 33.2 Å². The van der Waals surface area contributed by atoms with Crippen molar-refractivity contribution in [3.8, 4) is 79.3 Å². The van der Waals surface area contributed by atoms with Crippen LogP contribution in [0.3, 0.4) is 0 Å². The highest BCUT2D eigenvalue weighted by atomic mass is 15.0. The number of benzene rings is 8. The lowest BCUT2D eigenvalue weighted by Crippen LogP contribution is -2.02. The van der Waals surface area contributed by atoms with E-state index in [0.29, 0.717) is 23.0 Å². The Balaban J connectivity index is 1.21. The lowest BCUT2D eigenvalue weighted by Gasteiger charge is -2.15. The second kappa shape index (κ2) is 14.4. The largest absolute Gasteiger partial charge is 0.309 e. The minimum Gasteiger partial charge on any atom is -0.309 e. The van der Waals surface area contributed by atoms with Crippen LogP contribution in [-0.4, -0.2) is 19.5 Å². The van der Waals surface area contributed by atoms with Crippen LogP contribution in [0.2, 0.25) is 0 Å². The molecule has 0 aliphatic carbocycles. The predicted octanol–water partition coefficient (Wildman–Crippen LogP) is 12.8. The number of aromatic nitrogens is 4. The fourth-order valence-corrected chi connectivity index (χ4v) is 7.65. The summed E-state index contributed by atoms with van der Waals surface area (Å²) in [6.45, 7) is 0. The van der Waals surface area contributed by atoms with Crippen LogP contribution >= 0.6 is 0 Å². The lowest BCUT2D eigenvalue weighted by atomic mass is 9.98. The van der Waals surface area contributed by atoms with Crippen LogP contribution < -0.4 is 0 Å². The Morgan fingerprint density at radius 3 is 1.44 bits per heavy atom. The molecular weight excluding hydrogens is 695 g/mol. The van der Waals surface area contributed by atoms with E-state index in [2.05, 4.69) is 120 Å².